The highest BCUT2D eigenvalue weighted by molar-refractivity contribution is 8.77. The van der Waals surface area contributed by atoms with Crippen LogP contribution in [0.25, 0.3) is 12.2 Å². The van der Waals surface area contributed by atoms with Crippen molar-refractivity contribution >= 4 is 51.6 Å². The van der Waals surface area contributed by atoms with Crippen molar-refractivity contribution in [3.8, 4) is 11.5 Å². The predicted molar refractivity (Wildman–Crippen MR) is 137 cm³/mol. The number of esters is 2. The smallest absolute Gasteiger partial charge is 0.308 e. The molecule has 6 nitrogen and oxygen atoms in total. The maximum atomic E-state index is 11.4. The molecule has 0 spiro atoms. The number of carbonyl (C=O) groups is 3. The molecule has 1 aliphatic rings. The molecule has 2 aromatic rings. The summed E-state index contributed by atoms with van der Waals surface area (Å²) < 4.78 is 10.4. The minimum atomic E-state index is -0.785. The first-order valence-electron chi connectivity index (χ1n) is 11.1. The molecule has 34 heavy (non-hydrogen) atoms. The molecule has 0 aliphatic carbocycles. The average molecular weight is 501 g/mol. The van der Waals surface area contributed by atoms with Gasteiger partial charge in [-0.3, -0.25) is 14.4 Å². The molecule has 1 heterocycles. The predicted octanol–water partition coefficient (Wildman–Crippen LogP) is 6.20. The Bertz CT molecular complexity index is 1020. The topological polar surface area (TPSA) is 89.9 Å². The zero-order valence-corrected chi connectivity index (χ0v) is 20.8. The average Bonchev–Trinajstić information content (AvgIpc) is 3.27. The fraction of sp³-hybridized carbons (Fsp3) is 0.346. The molecular weight excluding hydrogens is 472 g/mol. The fourth-order valence-electron chi connectivity index (χ4n) is 3.90. The molecule has 1 saturated heterocycles. The first-order valence-corrected chi connectivity index (χ1v) is 13.5. The van der Waals surface area contributed by atoms with Crippen LogP contribution in [0.4, 0.5) is 0 Å². The SMILES string of the molecule is CC(=O)Oc1cc(/C=C/c2ccccc2C(CCC(=O)O)CC2CCSS2)cc(OC(C)=O)c1. The van der Waals surface area contributed by atoms with Crippen LogP contribution in [-0.4, -0.2) is 34.0 Å². The van der Waals surface area contributed by atoms with Gasteiger partial charge in [0, 0.05) is 37.3 Å². The van der Waals surface area contributed by atoms with Crippen molar-refractivity contribution in [2.24, 2.45) is 0 Å². The molecule has 1 fully saturated rings. The van der Waals surface area contributed by atoms with E-state index in [1.807, 2.05) is 51.9 Å². The minimum Gasteiger partial charge on any atom is -0.481 e. The second-order valence-electron chi connectivity index (χ2n) is 8.08. The number of benzene rings is 2. The van der Waals surface area contributed by atoms with Gasteiger partial charge in [0.25, 0.3) is 0 Å². The van der Waals surface area contributed by atoms with Gasteiger partial charge in [-0.2, -0.15) is 0 Å². The Morgan fingerprint density at radius 2 is 1.74 bits per heavy atom. The summed E-state index contributed by atoms with van der Waals surface area (Å²) >= 11 is 0. The van der Waals surface area contributed by atoms with Crippen molar-refractivity contribution in [1.29, 1.82) is 0 Å². The van der Waals surface area contributed by atoms with Crippen molar-refractivity contribution in [1.82, 2.24) is 0 Å². The Balaban J connectivity index is 1.90. The normalized spacial score (nSPS) is 16.4. The number of aliphatic carboxylic acids is 1. The van der Waals surface area contributed by atoms with Gasteiger partial charge in [-0.1, -0.05) is 58.0 Å². The standard InChI is InChI=1S/C26H28O6S2/c1-17(27)31-22-13-19(14-23(16-22)32-18(2)28)7-8-20-5-3-4-6-25(20)21(9-10-26(29)30)15-24-11-12-33-34-24/h3-8,13-14,16,21,24H,9-12,15H2,1-2H3,(H,29,30)/b8-7+. The number of hydrogen-bond donors (Lipinski definition) is 1. The van der Waals surface area contributed by atoms with E-state index in [1.165, 1.54) is 19.9 Å². The number of rotatable bonds is 10. The van der Waals surface area contributed by atoms with Gasteiger partial charge in [0.05, 0.1) is 0 Å². The summed E-state index contributed by atoms with van der Waals surface area (Å²) in [5.74, 6) is 0.118. The molecule has 180 valence electrons. The van der Waals surface area contributed by atoms with Crippen LogP contribution >= 0.6 is 21.6 Å². The van der Waals surface area contributed by atoms with Crippen LogP contribution in [-0.2, 0) is 14.4 Å². The molecule has 2 aromatic carbocycles. The lowest BCUT2D eigenvalue weighted by molar-refractivity contribution is -0.137. The van der Waals surface area contributed by atoms with E-state index < -0.39 is 17.9 Å². The van der Waals surface area contributed by atoms with Crippen LogP contribution in [0.2, 0.25) is 0 Å². The fourth-order valence-corrected chi connectivity index (χ4v) is 6.93. The maximum absolute atomic E-state index is 11.4. The highest BCUT2D eigenvalue weighted by atomic mass is 33.1. The summed E-state index contributed by atoms with van der Waals surface area (Å²) in [6.07, 6.45) is 6.62. The van der Waals surface area contributed by atoms with E-state index in [2.05, 4.69) is 6.07 Å². The first-order chi connectivity index (χ1) is 16.3. The van der Waals surface area contributed by atoms with Crippen molar-refractivity contribution in [3.63, 3.8) is 0 Å². The summed E-state index contributed by atoms with van der Waals surface area (Å²) in [5.41, 5.74) is 2.82. The van der Waals surface area contributed by atoms with Crippen molar-refractivity contribution < 1.29 is 29.0 Å². The van der Waals surface area contributed by atoms with E-state index in [-0.39, 0.29) is 23.8 Å². The molecule has 1 N–H and O–H groups in total. The van der Waals surface area contributed by atoms with Gasteiger partial charge in [-0.25, -0.2) is 0 Å². The molecule has 2 unspecified atom stereocenters. The van der Waals surface area contributed by atoms with Crippen molar-refractivity contribution in [2.45, 2.75) is 50.7 Å². The lowest BCUT2D eigenvalue weighted by Gasteiger charge is -2.21. The third-order valence-electron chi connectivity index (χ3n) is 5.30. The first kappa shape index (κ1) is 25.9. The second kappa shape index (κ2) is 12.7. The minimum absolute atomic E-state index is 0.128. The largest absolute Gasteiger partial charge is 0.481 e. The molecule has 8 heteroatoms. The third-order valence-corrected chi connectivity index (χ3v) is 8.26. The van der Waals surface area contributed by atoms with Crippen molar-refractivity contribution in [2.75, 3.05) is 5.75 Å². The lowest BCUT2D eigenvalue weighted by atomic mass is 9.86. The highest BCUT2D eigenvalue weighted by Crippen LogP contribution is 2.43. The van der Waals surface area contributed by atoms with Crippen LogP contribution in [0.5, 0.6) is 11.5 Å². The molecule has 0 aromatic heterocycles. The number of carboxylic acids is 1. The Kier molecular flexibility index (Phi) is 9.65. The third kappa shape index (κ3) is 8.25. The number of carbonyl (C=O) groups excluding carboxylic acids is 2. The van der Waals surface area contributed by atoms with Crippen LogP contribution in [0.1, 0.15) is 62.1 Å². The van der Waals surface area contributed by atoms with Crippen LogP contribution in [0, 0.1) is 0 Å². The summed E-state index contributed by atoms with van der Waals surface area (Å²) in [4.78, 5) is 34.1. The van der Waals surface area contributed by atoms with Gasteiger partial charge in [-0.05, 0) is 54.0 Å². The monoisotopic (exact) mass is 500 g/mol. The van der Waals surface area contributed by atoms with Gasteiger partial charge < -0.3 is 14.6 Å². The number of ether oxygens (including phenoxy) is 2. The lowest BCUT2D eigenvalue weighted by Crippen LogP contribution is -2.11. The van der Waals surface area contributed by atoms with E-state index in [1.54, 1.807) is 12.1 Å². The quantitative estimate of drug-likeness (QED) is 0.178. The molecule has 0 saturated carbocycles. The van der Waals surface area contributed by atoms with E-state index in [0.29, 0.717) is 17.2 Å². The van der Waals surface area contributed by atoms with Crippen LogP contribution in [0.15, 0.2) is 42.5 Å². The molecule has 0 radical (unpaired) electrons. The van der Waals surface area contributed by atoms with Gasteiger partial charge in [0.2, 0.25) is 0 Å². The van der Waals surface area contributed by atoms with E-state index in [9.17, 15) is 19.5 Å². The molecule has 0 amide bonds. The van der Waals surface area contributed by atoms with E-state index in [4.69, 9.17) is 9.47 Å². The second-order valence-corrected chi connectivity index (χ2v) is 10.9. The van der Waals surface area contributed by atoms with E-state index >= 15 is 0 Å². The Hall–Kier alpha value is -2.71. The maximum Gasteiger partial charge on any atom is 0.308 e. The zero-order valence-electron chi connectivity index (χ0n) is 19.2. The summed E-state index contributed by atoms with van der Waals surface area (Å²) in [5, 5.41) is 9.79. The van der Waals surface area contributed by atoms with Crippen LogP contribution < -0.4 is 9.47 Å². The molecule has 1 aliphatic heterocycles. The molecule has 2 atom stereocenters. The Morgan fingerprint density at radius 1 is 1.06 bits per heavy atom. The number of carboxylic acid groups (broad SMARTS) is 1. The molecule has 0 bridgehead atoms. The molecular formula is C26H28O6S2. The van der Waals surface area contributed by atoms with E-state index in [0.717, 1.165) is 29.7 Å². The zero-order chi connectivity index (χ0) is 24.5. The number of hydrogen-bond acceptors (Lipinski definition) is 7. The van der Waals surface area contributed by atoms with Gasteiger partial charge in [-0.15, -0.1) is 0 Å². The van der Waals surface area contributed by atoms with Crippen LogP contribution in [0.3, 0.4) is 0 Å². The Morgan fingerprint density at radius 3 is 2.32 bits per heavy atom. The van der Waals surface area contributed by atoms with Gasteiger partial charge in [0.1, 0.15) is 11.5 Å². The summed E-state index contributed by atoms with van der Waals surface area (Å²) in [7, 11) is 3.78. The summed E-state index contributed by atoms with van der Waals surface area (Å²) in [6.45, 7) is 2.62. The molecule has 3 rings (SSSR count). The van der Waals surface area contributed by atoms with Gasteiger partial charge >= 0.3 is 17.9 Å². The van der Waals surface area contributed by atoms with Gasteiger partial charge in [0.15, 0.2) is 0 Å². The Labute approximate surface area is 207 Å². The summed E-state index contributed by atoms with van der Waals surface area (Å²) in [6, 6.07) is 12.9. The van der Waals surface area contributed by atoms with Crippen molar-refractivity contribution in [3.05, 3.63) is 59.2 Å². The highest BCUT2D eigenvalue weighted by Gasteiger charge is 2.24.